The van der Waals surface area contributed by atoms with E-state index in [9.17, 15) is 0 Å². The van der Waals surface area contributed by atoms with Crippen molar-refractivity contribution < 1.29 is 9.26 Å². The van der Waals surface area contributed by atoms with Crippen molar-refractivity contribution in [2.45, 2.75) is 45.3 Å². The Morgan fingerprint density at radius 1 is 1.45 bits per heavy atom. The maximum absolute atomic E-state index is 6.06. The van der Waals surface area contributed by atoms with Crippen LogP contribution in [0.1, 0.15) is 48.6 Å². The van der Waals surface area contributed by atoms with Gasteiger partial charge in [0.1, 0.15) is 5.75 Å². The molecular weight excluding hydrogens is 254 g/mol. The molecule has 1 aromatic heterocycles. The molecule has 0 fully saturated rings. The van der Waals surface area contributed by atoms with E-state index in [1.54, 1.807) is 0 Å². The highest BCUT2D eigenvalue weighted by molar-refractivity contribution is 5.44. The monoisotopic (exact) mass is 273 g/mol. The van der Waals surface area contributed by atoms with Gasteiger partial charge in [-0.15, -0.1) is 0 Å². The SMILES string of the molecule is CCCc1nc(COc2cccc3c2CCC3N)no1. The second kappa shape index (κ2) is 5.63. The quantitative estimate of drug-likeness (QED) is 0.906. The van der Waals surface area contributed by atoms with Gasteiger partial charge in [0.05, 0.1) is 0 Å². The van der Waals surface area contributed by atoms with Gasteiger partial charge < -0.3 is 15.0 Å². The van der Waals surface area contributed by atoms with Gasteiger partial charge in [-0.1, -0.05) is 24.2 Å². The van der Waals surface area contributed by atoms with E-state index in [1.807, 2.05) is 12.1 Å². The summed E-state index contributed by atoms with van der Waals surface area (Å²) < 4.78 is 11.0. The number of aromatic nitrogens is 2. The van der Waals surface area contributed by atoms with E-state index < -0.39 is 0 Å². The number of nitrogens with zero attached hydrogens (tertiary/aromatic N) is 2. The fourth-order valence-electron chi connectivity index (χ4n) is 2.59. The second-order valence-electron chi connectivity index (χ2n) is 5.11. The first-order valence-electron chi connectivity index (χ1n) is 7.09. The van der Waals surface area contributed by atoms with Gasteiger partial charge in [0, 0.05) is 12.5 Å². The molecule has 1 aliphatic carbocycles. The molecule has 1 atom stereocenters. The number of fused-ring (bicyclic) bond motifs is 1. The van der Waals surface area contributed by atoms with Crippen LogP contribution in [0.3, 0.4) is 0 Å². The maximum Gasteiger partial charge on any atom is 0.226 e. The average Bonchev–Trinajstić information content (AvgIpc) is 3.05. The first-order chi connectivity index (χ1) is 9.78. The average molecular weight is 273 g/mol. The lowest BCUT2D eigenvalue weighted by Gasteiger charge is -2.10. The number of benzene rings is 1. The minimum atomic E-state index is 0.134. The summed E-state index contributed by atoms with van der Waals surface area (Å²) in [4.78, 5) is 4.30. The lowest BCUT2D eigenvalue weighted by molar-refractivity contribution is 0.282. The third-order valence-corrected chi connectivity index (χ3v) is 3.60. The molecule has 106 valence electrons. The summed E-state index contributed by atoms with van der Waals surface area (Å²) in [6.45, 7) is 2.41. The Balaban J connectivity index is 1.69. The van der Waals surface area contributed by atoms with Gasteiger partial charge >= 0.3 is 0 Å². The van der Waals surface area contributed by atoms with Crippen molar-refractivity contribution in [3.8, 4) is 5.75 Å². The van der Waals surface area contributed by atoms with Crippen LogP contribution in [0.5, 0.6) is 5.75 Å². The zero-order valence-electron chi connectivity index (χ0n) is 11.6. The van der Waals surface area contributed by atoms with E-state index >= 15 is 0 Å². The Bertz CT molecular complexity index is 595. The van der Waals surface area contributed by atoms with Crippen LogP contribution in [-0.2, 0) is 19.4 Å². The molecule has 0 radical (unpaired) electrons. The number of aryl methyl sites for hydroxylation is 1. The number of hydrogen-bond acceptors (Lipinski definition) is 5. The Hall–Kier alpha value is -1.88. The van der Waals surface area contributed by atoms with Gasteiger partial charge in [0.25, 0.3) is 0 Å². The largest absolute Gasteiger partial charge is 0.485 e. The van der Waals surface area contributed by atoms with Crippen molar-refractivity contribution in [1.29, 1.82) is 0 Å². The normalized spacial score (nSPS) is 17.2. The van der Waals surface area contributed by atoms with Gasteiger partial charge in [-0.25, -0.2) is 0 Å². The van der Waals surface area contributed by atoms with Gasteiger partial charge in [-0.3, -0.25) is 0 Å². The summed E-state index contributed by atoms with van der Waals surface area (Å²) >= 11 is 0. The molecule has 5 heteroatoms. The Morgan fingerprint density at radius 2 is 2.35 bits per heavy atom. The Labute approximate surface area is 118 Å². The van der Waals surface area contributed by atoms with Crippen LogP contribution in [0.25, 0.3) is 0 Å². The highest BCUT2D eigenvalue weighted by Crippen LogP contribution is 2.35. The highest BCUT2D eigenvalue weighted by Gasteiger charge is 2.22. The van der Waals surface area contributed by atoms with Gasteiger partial charge in [-0.05, 0) is 36.5 Å². The minimum Gasteiger partial charge on any atom is -0.485 e. The zero-order valence-corrected chi connectivity index (χ0v) is 11.6. The number of rotatable bonds is 5. The first kappa shape index (κ1) is 13.1. The molecule has 1 aromatic carbocycles. The summed E-state index contributed by atoms with van der Waals surface area (Å²) in [7, 11) is 0. The zero-order chi connectivity index (χ0) is 13.9. The van der Waals surface area contributed by atoms with Gasteiger partial charge in [0.2, 0.25) is 11.7 Å². The van der Waals surface area contributed by atoms with Crippen LogP contribution < -0.4 is 10.5 Å². The van der Waals surface area contributed by atoms with Gasteiger partial charge in [-0.2, -0.15) is 4.98 Å². The third-order valence-electron chi connectivity index (χ3n) is 3.60. The number of nitrogens with two attached hydrogens (primary N) is 1. The molecule has 20 heavy (non-hydrogen) atoms. The Kier molecular flexibility index (Phi) is 3.69. The van der Waals surface area contributed by atoms with Crippen molar-refractivity contribution in [2.24, 2.45) is 5.73 Å². The molecule has 0 bridgehead atoms. The molecule has 2 N–H and O–H groups in total. The third kappa shape index (κ3) is 2.54. The number of ether oxygens (including phenoxy) is 1. The molecule has 0 aliphatic heterocycles. The summed E-state index contributed by atoms with van der Waals surface area (Å²) in [6.07, 6.45) is 3.76. The summed E-state index contributed by atoms with van der Waals surface area (Å²) in [5.74, 6) is 2.15. The van der Waals surface area contributed by atoms with Crippen molar-refractivity contribution in [3.05, 3.63) is 41.0 Å². The van der Waals surface area contributed by atoms with E-state index in [0.29, 0.717) is 18.3 Å². The van der Waals surface area contributed by atoms with Crippen molar-refractivity contribution >= 4 is 0 Å². The molecule has 3 rings (SSSR count). The molecule has 1 unspecified atom stereocenters. The van der Waals surface area contributed by atoms with Gasteiger partial charge in [0.15, 0.2) is 6.61 Å². The summed E-state index contributed by atoms with van der Waals surface area (Å²) in [6, 6.07) is 6.17. The standard InChI is InChI=1S/C15H19N3O2/c1-2-4-15-17-14(18-20-15)9-19-13-6-3-5-10-11(13)7-8-12(10)16/h3,5-6,12H,2,4,7-9,16H2,1H3. The van der Waals surface area contributed by atoms with Crippen LogP contribution in [0.4, 0.5) is 0 Å². The second-order valence-corrected chi connectivity index (χ2v) is 5.11. The van der Waals surface area contributed by atoms with E-state index in [-0.39, 0.29) is 6.04 Å². The topological polar surface area (TPSA) is 74.2 Å². The molecular formula is C15H19N3O2. The summed E-state index contributed by atoms with van der Waals surface area (Å²) in [5.41, 5.74) is 8.48. The molecule has 0 amide bonds. The predicted octanol–water partition coefficient (Wildman–Crippen LogP) is 2.55. The molecule has 5 nitrogen and oxygen atoms in total. The molecule has 0 saturated heterocycles. The van der Waals surface area contributed by atoms with Crippen molar-refractivity contribution in [1.82, 2.24) is 10.1 Å². The molecule has 1 heterocycles. The summed E-state index contributed by atoms with van der Waals surface area (Å²) in [5, 5.41) is 3.92. The van der Waals surface area contributed by atoms with Crippen LogP contribution in [0, 0.1) is 0 Å². The van der Waals surface area contributed by atoms with Crippen molar-refractivity contribution in [3.63, 3.8) is 0 Å². The van der Waals surface area contributed by atoms with Crippen molar-refractivity contribution in [2.75, 3.05) is 0 Å². The molecule has 1 aliphatic rings. The molecule has 2 aromatic rings. The van der Waals surface area contributed by atoms with E-state index in [4.69, 9.17) is 15.0 Å². The molecule has 0 saturated carbocycles. The highest BCUT2D eigenvalue weighted by atomic mass is 16.5. The first-order valence-corrected chi connectivity index (χ1v) is 7.09. The minimum absolute atomic E-state index is 0.134. The van der Waals surface area contributed by atoms with Crippen LogP contribution in [0.15, 0.2) is 22.7 Å². The lowest BCUT2D eigenvalue weighted by Crippen LogP contribution is -2.05. The van der Waals surface area contributed by atoms with Crippen LogP contribution in [0.2, 0.25) is 0 Å². The van der Waals surface area contributed by atoms with Crippen LogP contribution in [-0.4, -0.2) is 10.1 Å². The van der Waals surface area contributed by atoms with E-state index in [1.165, 1.54) is 11.1 Å². The fourth-order valence-corrected chi connectivity index (χ4v) is 2.59. The number of hydrogen-bond donors (Lipinski definition) is 1. The predicted molar refractivity (Wildman–Crippen MR) is 74.3 cm³/mol. The fraction of sp³-hybridized carbons (Fsp3) is 0.467. The van der Waals surface area contributed by atoms with E-state index in [2.05, 4.69) is 23.1 Å². The van der Waals surface area contributed by atoms with E-state index in [0.717, 1.165) is 31.4 Å². The smallest absolute Gasteiger partial charge is 0.226 e. The Morgan fingerprint density at radius 3 is 3.20 bits per heavy atom. The van der Waals surface area contributed by atoms with Crippen LogP contribution >= 0.6 is 0 Å². The lowest BCUT2D eigenvalue weighted by atomic mass is 10.1. The molecule has 0 spiro atoms. The maximum atomic E-state index is 6.06.